The van der Waals surface area contributed by atoms with Crippen molar-refractivity contribution in [3.8, 4) is 81.2 Å². The molecule has 10 nitrogen and oxygen atoms in total. The third-order valence-corrected chi connectivity index (χ3v) is 19.5. The highest BCUT2D eigenvalue weighted by Crippen LogP contribution is 2.46. The quantitative estimate of drug-likeness (QED) is 0.109. The van der Waals surface area contributed by atoms with E-state index in [0.29, 0.717) is 11.0 Å². The van der Waals surface area contributed by atoms with Crippen LogP contribution in [0.15, 0.2) is 291 Å². The highest BCUT2D eigenvalue weighted by molar-refractivity contribution is 7.27. The van der Waals surface area contributed by atoms with Crippen LogP contribution in [0.1, 0.15) is 73.5 Å². The van der Waals surface area contributed by atoms with Crippen LogP contribution < -0.4 is 5.46 Å². The maximum atomic E-state index is 9.46. The predicted molar refractivity (Wildman–Crippen MR) is 425 cm³/mol. The van der Waals surface area contributed by atoms with Crippen molar-refractivity contribution >= 4 is 131 Å². The van der Waals surface area contributed by atoms with E-state index in [1.54, 1.807) is 27.2 Å². The first kappa shape index (κ1) is 40.6. The van der Waals surface area contributed by atoms with E-state index in [4.69, 9.17) is 53.8 Å². The number of halogens is 1. The van der Waals surface area contributed by atoms with Gasteiger partial charge in [-0.15, -0.1) is 35.5 Å². The van der Waals surface area contributed by atoms with Gasteiger partial charge in [0.1, 0.15) is 0 Å². The smallest absolute Gasteiger partial charge is 0.399 e. The lowest BCUT2D eigenvalue weighted by Gasteiger charge is -2.32. The molecule has 1 aliphatic rings. The van der Waals surface area contributed by atoms with Gasteiger partial charge in [0.15, 0.2) is 29.1 Å². The van der Waals surface area contributed by atoms with Crippen LogP contribution in [0.25, 0.3) is 152 Å². The second-order valence-electron chi connectivity index (χ2n) is 23.2. The summed E-state index contributed by atoms with van der Waals surface area (Å²) in [4.78, 5) is 24.6. The fourth-order valence-electron chi connectivity index (χ4n) is 11.7. The Morgan fingerprint density at radius 3 is 1.05 bits per heavy atom. The van der Waals surface area contributed by atoms with E-state index in [0.717, 1.165) is 72.9 Å². The highest BCUT2D eigenvalue weighted by Gasteiger charge is 2.51. The van der Waals surface area contributed by atoms with Crippen molar-refractivity contribution in [2.45, 2.75) is 46.3 Å². The number of terminal acetylenes is 1. The van der Waals surface area contributed by atoms with Gasteiger partial charge in [0, 0.05) is 91.7 Å². The summed E-state index contributed by atoms with van der Waals surface area (Å²) in [6.07, 6.45) is 8.00. The Labute approximate surface area is 638 Å². The molecule has 19 rings (SSSR count). The van der Waals surface area contributed by atoms with E-state index in [9.17, 15) is 5.48 Å². The molecule has 1 saturated heterocycles. The van der Waals surface area contributed by atoms with Crippen LogP contribution in [0.3, 0.4) is 0 Å². The van der Waals surface area contributed by atoms with Crippen LogP contribution in [-0.2, 0) is 9.31 Å². The van der Waals surface area contributed by atoms with Crippen LogP contribution in [0.4, 0.5) is 0 Å². The Balaban J connectivity index is 0.000000156. The minimum atomic E-state index is -0.996. The zero-order valence-electron chi connectivity index (χ0n) is 80.9. The van der Waals surface area contributed by atoms with E-state index in [2.05, 4.69) is 67.0 Å². The Hall–Kier alpha value is -11.5. The Morgan fingerprint density at radius 2 is 0.673 bits per heavy atom. The number of thiophene rings is 2. The minimum absolute atomic E-state index is 0. The second-order valence-corrected chi connectivity index (χ2v) is 25.7. The van der Waals surface area contributed by atoms with Gasteiger partial charge in [-0.25, -0.2) is 19.9 Å². The first-order chi connectivity index (χ1) is 60.6. The lowest BCUT2D eigenvalue weighted by Crippen LogP contribution is -2.41. The molecular weight excluding hydrogens is 1300 g/mol. The fourth-order valence-corrected chi connectivity index (χ4v) is 14.3. The zero-order valence-corrected chi connectivity index (χ0v) is 55.3. The van der Waals surface area contributed by atoms with Crippen LogP contribution in [0, 0.1) is 12.8 Å². The lowest BCUT2D eigenvalue weighted by atomic mass is 9.79. The molecule has 0 amide bonds. The second kappa shape index (κ2) is 27.3. The van der Waals surface area contributed by atoms with Crippen molar-refractivity contribution in [1.29, 1.82) is 0 Å². The molecule has 12 aromatic carbocycles. The maximum Gasteiger partial charge on any atom is 0.494 e. The molecule has 488 valence electrons. The zero-order chi connectivity index (χ0) is 92.4. The molecule has 0 bridgehead atoms. The fraction of sp³-hybridized carbons (Fsp3) is 0.0805. The van der Waals surface area contributed by atoms with Crippen molar-refractivity contribution in [3.63, 3.8) is 0 Å². The average molecular weight is 1390 g/mol. The van der Waals surface area contributed by atoms with Gasteiger partial charge in [0.25, 0.3) is 0 Å². The number of hydrogen-bond donors (Lipinski definition) is 0. The molecular formula is C87H66BClN8O2S2. The molecule has 0 radical (unpaired) electrons. The number of para-hydroxylation sites is 2. The Kier molecular flexibility index (Phi) is 11.0. The number of fused-ring (bicyclic) bond motifs is 14. The largest absolute Gasteiger partial charge is 0.494 e. The van der Waals surface area contributed by atoms with Crippen LogP contribution in [0.2, 0.25) is 5.28 Å². The van der Waals surface area contributed by atoms with Gasteiger partial charge in [0.05, 0.1) is 81.0 Å². The number of hydrogen-bond acceptors (Lipinski definition) is 10. The van der Waals surface area contributed by atoms with E-state index in [-0.39, 0.29) is 71.2 Å². The number of aromatic nitrogens is 8. The third kappa shape index (κ3) is 12.2. The normalized spacial score (nSPS) is 16.9. The molecule has 1 fully saturated rings. The van der Waals surface area contributed by atoms with E-state index < -0.39 is 203 Å². The minimum Gasteiger partial charge on any atom is -0.399 e. The first-order valence-electron chi connectivity index (χ1n) is 44.7. The molecule has 0 unspecified atom stereocenters. The summed E-state index contributed by atoms with van der Waals surface area (Å²) < 4.78 is 256. The van der Waals surface area contributed by atoms with Gasteiger partial charge in [-0.1, -0.05) is 237 Å². The lowest BCUT2D eigenvalue weighted by molar-refractivity contribution is 0.00578. The van der Waals surface area contributed by atoms with Gasteiger partial charge in [-0.2, -0.15) is 9.97 Å². The molecule has 0 N–H and O–H groups in total. The van der Waals surface area contributed by atoms with E-state index >= 15 is 0 Å². The van der Waals surface area contributed by atoms with Crippen molar-refractivity contribution in [1.82, 2.24) is 39.0 Å². The van der Waals surface area contributed by atoms with Crippen molar-refractivity contribution < 1.29 is 47.7 Å². The number of benzene rings is 12. The molecule has 0 spiro atoms. The highest BCUT2D eigenvalue weighted by atomic mass is 35.5. The van der Waals surface area contributed by atoms with E-state index in [1.165, 1.54) is 0 Å². The molecule has 0 saturated carbocycles. The topological polar surface area (TPSA) is 106 Å². The summed E-state index contributed by atoms with van der Waals surface area (Å²) >= 11 is 9.14. The van der Waals surface area contributed by atoms with Gasteiger partial charge in [-0.3, -0.25) is 0 Å². The Bertz CT molecular complexity index is 7560. The van der Waals surface area contributed by atoms with Gasteiger partial charge >= 0.3 is 7.12 Å². The average Bonchev–Trinajstić information content (AvgIpc) is 1.56. The molecule has 0 aliphatic carbocycles. The van der Waals surface area contributed by atoms with Gasteiger partial charge in [0.2, 0.25) is 5.28 Å². The Morgan fingerprint density at radius 1 is 0.366 bits per heavy atom. The monoisotopic (exact) mass is 1390 g/mol. The molecule has 7 heterocycles. The molecule has 1 aliphatic heterocycles. The summed E-state index contributed by atoms with van der Waals surface area (Å²) in [6.45, 7) is 7.64. The summed E-state index contributed by atoms with van der Waals surface area (Å²) in [5.74, 6) is -2.50. The van der Waals surface area contributed by atoms with Crippen LogP contribution in [-0.4, -0.2) is 57.4 Å². The van der Waals surface area contributed by atoms with Crippen LogP contribution in [0.5, 0.6) is 0 Å². The summed E-state index contributed by atoms with van der Waals surface area (Å²) in [6, 6.07) is 24.0. The third-order valence-electron chi connectivity index (χ3n) is 16.9. The molecule has 6 aromatic heterocycles. The van der Waals surface area contributed by atoms with Crippen molar-refractivity contribution in [2.24, 2.45) is 0 Å². The summed E-state index contributed by atoms with van der Waals surface area (Å²) in [7, 11) is -0.996. The summed E-state index contributed by atoms with van der Waals surface area (Å²) in [5, 5.41) is 7.47. The summed E-state index contributed by atoms with van der Waals surface area (Å²) in [5.41, 5.74) is -0.232. The van der Waals surface area contributed by atoms with Crippen molar-refractivity contribution in [2.75, 3.05) is 0 Å². The number of rotatable bonds is 8. The predicted octanol–water partition coefficient (Wildman–Crippen LogP) is 22.5. The van der Waals surface area contributed by atoms with Crippen LogP contribution >= 0.6 is 34.3 Å². The maximum absolute atomic E-state index is 9.46. The van der Waals surface area contributed by atoms with Gasteiger partial charge in [-0.05, 0) is 105 Å². The molecule has 18 aromatic rings. The molecule has 101 heavy (non-hydrogen) atoms. The van der Waals surface area contributed by atoms with Crippen molar-refractivity contribution in [3.05, 3.63) is 296 Å². The number of nitrogens with zero attached hydrogens (tertiary/aromatic N) is 8. The molecule has 14 heteroatoms. The standard InChI is InChI=1S/C39H24N4S.C30H26BNO2S.C15H10ClN3.C2H2.CH4/c1-3-11-25(12-4-1)37-40-38(26-13-5-2-6-14-26)42-39(41-37)27-19-21-28(22-20-27)43-33-17-9-7-15-29(33)31-23-24-32-30-16-8-10-18-34(30)44-36(32)35(31)43;1-29(2)30(3,4)34-31(33-29)19-13-15-20(16-14-19)32-25-11-7-5-9-21(25)23-17-18-24-22-10-6-8-12-26(22)35-28(24)27(23)32;16-15-18-13(11-7-3-1-4-8-11)17-14(19-15)12-9-5-2-6-10-12;1-2;/h1-24H;5-18H,1-4H3;1-10H;1-2H;1H4/i1D,2D,3D,4D,5D,6D,11D,12D,13D,14D,19D,20D,21D,22D;13D,14D,15D,16D;1D,2D,3D,4D,5D,6D,7D,8D,9D,10D;;. The molecule has 0 atom stereocenters. The van der Waals surface area contributed by atoms with Gasteiger partial charge < -0.3 is 18.4 Å². The first-order valence-corrected chi connectivity index (χ1v) is 32.7. The SMILES string of the molecule is C.C#C.[2H]c1c([2H])c(-n2c3ccccc3c3ccc4c5ccccc5sc4c32)c([2H])c([2H])c1B1OC(C)(C)C(C)(C)O1.[2H]c1c([2H])c([2H])c(-c2nc(-c3c([2H])c([2H])c([2H])c([2H])c3[2H])nc(-c3c([2H])c([2H])c(-n4c5ccccc5c5ccc6c7ccccc7sc6c54)c([2H])c3[2H])n2)c([2H])c1[2H].[2H]c1c([2H])c([2H])c(-c2nc(Cl)nc(-c3c([2H])c([2H])c([2H])c([2H])c3[2H])n2)c([2H])c1[2H]. The van der Waals surface area contributed by atoms with E-state index in [1.807, 2.05) is 129 Å².